The fourth-order valence-electron chi connectivity index (χ4n) is 2.59. The Morgan fingerprint density at radius 2 is 1.81 bits per heavy atom. The van der Waals surface area contributed by atoms with E-state index < -0.39 is 0 Å². The van der Waals surface area contributed by atoms with E-state index in [1.54, 1.807) is 12.4 Å². The van der Waals surface area contributed by atoms with Crippen molar-refractivity contribution in [3.8, 4) is 0 Å². The second-order valence-corrected chi connectivity index (χ2v) is 4.89. The molecule has 4 aromatic rings. The molecule has 21 heavy (non-hydrogen) atoms. The Hall–Kier alpha value is -2.95. The zero-order chi connectivity index (χ0) is 14.2. The molecule has 5 nitrogen and oxygen atoms in total. The minimum atomic E-state index is 0.480. The quantitative estimate of drug-likeness (QED) is 0.610. The van der Waals surface area contributed by atoms with Crippen LogP contribution in [0.3, 0.4) is 0 Å². The van der Waals surface area contributed by atoms with Gasteiger partial charge in [0.25, 0.3) is 0 Å². The van der Waals surface area contributed by atoms with Crippen LogP contribution in [-0.4, -0.2) is 19.5 Å². The number of imidazole rings is 1. The summed E-state index contributed by atoms with van der Waals surface area (Å²) in [4.78, 5) is 13.2. The Kier molecular flexibility index (Phi) is 2.57. The summed E-state index contributed by atoms with van der Waals surface area (Å²) in [5.74, 6) is 0.480. The number of nitrogens with zero attached hydrogens (tertiary/aromatic N) is 4. The molecule has 5 heteroatoms. The summed E-state index contributed by atoms with van der Waals surface area (Å²) in [6.45, 7) is 0.594. The molecule has 0 saturated heterocycles. The van der Waals surface area contributed by atoms with Gasteiger partial charge in [-0.05, 0) is 18.2 Å². The van der Waals surface area contributed by atoms with Gasteiger partial charge in [-0.25, -0.2) is 4.98 Å². The standard InChI is InChI=1S/C16H13N5/c17-16-20-14-9-19-13-7-2-1-6-12(13)15(14)21(16)10-11-5-3-4-8-18-11/h1-9H,10H2,(H2,17,20). The van der Waals surface area contributed by atoms with Gasteiger partial charge >= 0.3 is 0 Å². The van der Waals surface area contributed by atoms with Gasteiger partial charge in [0.1, 0.15) is 5.52 Å². The van der Waals surface area contributed by atoms with Crippen LogP contribution in [-0.2, 0) is 6.54 Å². The van der Waals surface area contributed by atoms with E-state index in [-0.39, 0.29) is 0 Å². The van der Waals surface area contributed by atoms with Crippen LogP contribution in [0.4, 0.5) is 5.95 Å². The molecule has 0 atom stereocenters. The van der Waals surface area contributed by atoms with E-state index in [1.807, 2.05) is 47.0 Å². The molecule has 0 aliphatic heterocycles. The number of rotatable bonds is 2. The SMILES string of the molecule is Nc1nc2cnc3ccccc3c2n1Cc1ccccn1. The monoisotopic (exact) mass is 275 g/mol. The van der Waals surface area contributed by atoms with Crippen LogP contribution in [0.1, 0.15) is 5.69 Å². The van der Waals surface area contributed by atoms with Crippen LogP contribution in [0.15, 0.2) is 54.9 Å². The lowest BCUT2D eigenvalue weighted by molar-refractivity contribution is 0.811. The van der Waals surface area contributed by atoms with Gasteiger partial charge in [0.15, 0.2) is 0 Å². The summed E-state index contributed by atoms with van der Waals surface area (Å²) in [7, 11) is 0. The Labute approximate surface area is 121 Å². The summed E-state index contributed by atoms with van der Waals surface area (Å²) in [6, 6.07) is 13.9. The molecule has 0 unspecified atom stereocenters. The number of benzene rings is 1. The molecule has 0 aliphatic rings. The molecule has 0 spiro atoms. The summed E-state index contributed by atoms with van der Waals surface area (Å²) < 4.78 is 1.99. The molecular formula is C16H13N5. The minimum Gasteiger partial charge on any atom is -0.369 e. The first kappa shape index (κ1) is 11.8. The highest BCUT2D eigenvalue weighted by molar-refractivity contribution is 6.02. The van der Waals surface area contributed by atoms with Crippen molar-refractivity contribution in [2.75, 3.05) is 5.73 Å². The van der Waals surface area contributed by atoms with Gasteiger partial charge in [0.2, 0.25) is 5.95 Å². The Morgan fingerprint density at radius 1 is 0.952 bits per heavy atom. The number of para-hydroxylation sites is 1. The summed E-state index contributed by atoms with van der Waals surface area (Å²) in [5, 5.41) is 1.05. The first-order valence-corrected chi connectivity index (χ1v) is 6.72. The van der Waals surface area contributed by atoms with Crippen LogP contribution < -0.4 is 5.73 Å². The fraction of sp³-hybridized carbons (Fsp3) is 0.0625. The van der Waals surface area contributed by atoms with Gasteiger partial charge < -0.3 is 10.3 Å². The lowest BCUT2D eigenvalue weighted by Crippen LogP contribution is -2.06. The Balaban J connectivity index is 1.99. The van der Waals surface area contributed by atoms with Crippen molar-refractivity contribution < 1.29 is 0 Å². The second kappa shape index (κ2) is 4.56. The Bertz CT molecular complexity index is 927. The van der Waals surface area contributed by atoms with E-state index in [4.69, 9.17) is 5.73 Å². The molecule has 102 valence electrons. The van der Waals surface area contributed by atoms with Crippen molar-refractivity contribution in [2.24, 2.45) is 0 Å². The highest BCUT2D eigenvalue weighted by atomic mass is 15.2. The first-order chi connectivity index (χ1) is 10.3. The summed E-state index contributed by atoms with van der Waals surface area (Å²) in [6.07, 6.45) is 3.55. The van der Waals surface area contributed by atoms with Crippen molar-refractivity contribution in [1.29, 1.82) is 0 Å². The van der Waals surface area contributed by atoms with E-state index in [0.29, 0.717) is 12.5 Å². The molecule has 2 N–H and O–H groups in total. The lowest BCUT2D eigenvalue weighted by atomic mass is 10.2. The molecule has 0 amide bonds. The van der Waals surface area contributed by atoms with Crippen LogP contribution in [0.5, 0.6) is 0 Å². The Morgan fingerprint density at radius 3 is 2.67 bits per heavy atom. The predicted octanol–water partition coefficient (Wildman–Crippen LogP) is 2.61. The first-order valence-electron chi connectivity index (χ1n) is 6.72. The number of fused-ring (bicyclic) bond motifs is 3. The van der Waals surface area contributed by atoms with Crippen molar-refractivity contribution in [2.45, 2.75) is 6.54 Å². The molecule has 0 radical (unpaired) electrons. The molecule has 3 heterocycles. The van der Waals surface area contributed by atoms with Gasteiger partial charge in [-0.1, -0.05) is 24.3 Å². The average Bonchev–Trinajstić information content (AvgIpc) is 2.85. The van der Waals surface area contributed by atoms with Crippen LogP contribution in [0.25, 0.3) is 21.9 Å². The highest BCUT2D eigenvalue weighted by Gasteiger charge is 2.12. The predicted molar refractivity (Wildman–Crippen MR) is 82.8 cm³/mol. The zero-order valence-electron chi connectivity index (χ0n) is 11.3. The van der Waals surface area contributed by atoms with Crippen molar-refractivity contribution >= 4 is 27.9 Å². The molecular weight excluding hydrogens is 262 g/mol. The van der Waals surface area contributed by atoms with Gasteiger partial charge in [-0.3, -0.25) is 9.97 Å². The van der Waals surface area contributed by atoms with Gasteiger partial charge in [-0.15, -0.1) is 0 Å². The van der Waals surface area contributed by atoms with E-state index >= 15 is 0 Å². The third kappa shape index (κ3) is 1.90. The number of nitrogens with two attached hydrogens (primary N) is 1. The van der Waals surface area contributed by atoms with E-state index in [1.165, 1.54) is 0 Å². The molecule has 0 saturated carbocycles. The van der Waals surface area contributed by atoms with Crippen molar-refractivity contribution in [3.63, 3.8) is 0 Å². The van der Waals surface area contributed by atoms with E-state index in [0.717, 1.165) is 27.6 Å². The maximum atomic E-state index is 6.09. The number of hydrogen-bond acceptors (Lipinski definition) is 4. The van der Waals surface area contributed by atoms with Crippen molar-refractivity contribution in [3.05, 3.63) is 60.6 Å². The number of anilines is 1. The second-order valence-electron chi connectivity index (χ2n) is 4.89. The molecule has 1 aromatic carbocycles. The number of pyridine rings is 2. The fourth-order valence-corrected chi connectivity index (χ4v) is 2.59. The number of aromatic nitrogens is 4. The molecule has 0 bridgehead atoms. The van der Waals surface area contributed by atoms with Gasteiger partial charge in [-0.2, -0.15) is 0 Å². The average molecular weight is 275 g/mol. The third-order valence-corrected chi connectivity index (χ3v) is 3.56. The maximum absolute atomic E-state index is 6.09. The molecule has 0 aliphatic carbocycles. The van der Waals surface area contributed by atoms with Crippen LogP contribution >= 0.6 is 0 Å². The number of nitrogen functional groups attached to an aromatic ring is 1. The molecule has 4 rings (SSSR count). The zero-order valence-corrected chi connectivity index (χ0v) is 11.3. The third-order valence-electron chi connectivity index (χ3n) is 3.56. The molecule has 0 fully saturated rings. The van der Waals surface area contributed by atoms with E-state index in [2.05, 4.69) is 15.0 Å². The summed E-state index contributed by atoms with van der Waals surface area (Å²) >= 11 is 0. The van der Waals surface area contributed by atoms with E-state index in [9.17, 15) is 0 Å². The molecule has 3 aromatic heterocycles. The topological polar surface area (TPSA) is 69.6 Å². The van der Waals surface area contributed by atoms with Crippen LogP contribution in [0, 0.1) is 0 Å². The maximum Gasteiger partial charge on any atom is 0.201 e. The van der Waals surface area contributed by atoms with Crippen molar-refractivity contribution in [1.82, 2.24) is 19.5 Å². The van der Waals surface area contributed by atoms with Crippen LogP contribution in [0.2, 0.25) is 0 Å². The smallest absolute Gasteiger partial charge is 0.201 e. The number of hydrogen-bond donors (Lipinski definition) is 1. The lowest BCUT2D eigenvalue weighted by Gasteiger charge is -2.07. The highest BCUT2D eigenvalue weighted by Crippen LogP contribution is 2.26. The van der Waals surface area contributed by atoms with Gasteiger partial charge in [0.05, 0.1) is 29.5 Å². The van der Waals surface area contributed by atoms with Gasteiger partial charge in [0, 0.05) is 11.6 Å². The normalized spacial score (nSPS) is 11.2. The largest absolute Gasteiger partial charge is 0.369 e. The summed E-state index contributed by atoms with van der Waals surface area (Å²) in [5.41, 5.74) is 9.79. The minimum absolute atomic E-state index is 0.480.